The maximum Gasteiger partial charge on any atom is 0.265 e. The highest BCUT2D eigenvalue weighted by molar-refractivity contribution is 7.12. The molecule has 0 aliphatic carbocycles. The highest BCUT2D eigenvalue weighted by Gasteiger charge is 2.11. The molecular formula is C16H16N4OS. The van der Waals surface area contributed by atoms with Gasteiger partial charge in [-0.25, -0.2) is 4.68 Å². The first-order valence-corrected chi connectivity index (χ1v) is 7.89. The third-order valence-corrected chi connectivity index (χ3v) is 4.13. The lowest BCUT2D eigenvalue weighted by atomic mass is 10.1. The average molecular weight is 312 g/mol. The van der Waals surface area contributed by atoms with Crippen LogP contribution in [0.5, 0.6) is 0 Å². The molecule has 0 saturated heterocycles. The summed E-state index contributed by atoms with van der Waals surface area (Å²) in [6.45, 7) is 4.19. The molecule has 2 heterocycles. The number of hydrogen-bond donors (Lipinski definition) is 1. The summed E-state index contributed by atoms with van der Waals surface area (Å²) in [6, 6.07) is 11.3. The van der Waals surface area contributed by atoms with Crippen LogP contribution in [0.3, 0.4) is 0 Å². The quantitative estimate of drug-likeness (QED) is 0.799. The number of thiophene rings is 1. The van der Waals surface area contributed by atoms with Gasteiger partial charge >= 0.3 is 0 Å². The Morgan fingerprint density at radius 1 is 1.27 bits per heavy atom. The van der Waals surface area contributed by atoms with Gasteiger partial charge in [-0.05, 0) is 35.6 Å². The molecule has 0 saturated carbocycles. The molecular weight excluding hydrogens is 296 g/mol. The first-order chi connectivity index (χ1) is 10.6. The molecule has 0 radical (unpaired) electrons. The normalized spacial score (nSPS) is 10.9. The summed E-state index contributed by atoms with van der Waals surface area (Å²) in [5, 5.41) is 12.9. The maximum absolute atomic E-state index is 12.1. The molecule has 0 bridgehead atoms. The van der Waals surface area contributed by atoms with Crippen LogP contribution >= 0.6 is 11.3 Å². The highest BCUT2D eigenvalue weighted by atomic mass is 32.1. The van der Waals surface area contributed by atoms with Gasteiger partial charge in [0.05, 0.1) is 22.5 Å². The van der Waals surface area contributed by atoms with Gasteiger partial charge in [-0.15, -0.1) is 16.4 Å². The van der Waals surface area contributed by atoms with Crippen molar-refractivity contribution in [3.63, 3.8) is 0 Å². The molecule has 1 N–H and O–H groups in total. The second kappa shape index (κ2) is 6.11. The Morgan fingerprint density at radius 2 is 2.14 bits per heavy atom. The fraction of sp³-hybridized carbons (Fsp3) is 0.188. The molecule has 0 spiro atoms. The number of aromatic nitrogens is 3. The summed E-state index contributed by atoms with van der Waals surface area (Å²) in [5.74, 6) is 0.217. The van der Waals surface area contributed by atoms with Crippen molar-refractivity contribution in [1.29, 1.82) is 0 Å². The minimum Gasteiger partial charge on any atom is -0.321 e. The van der Waals surface area contributed by atoms with Crippen molar-refractivity contribution in [2.45, 2.75) is 19.8 Å². The number of nitrogens with one attached hydrogen (secondary N) is 1. The molecule has 0 unspecified atom stereocenters. The van der Waals surface area contributed by atoms with E-state index in [4.69, 9.17) is 0 Å². The fourth-order valence-electron chi connectivity index (χ4n) is 2.15. The van der Waals surface area contributed by atoms with Gasteiger partial charge in [0.25, 0.3) is 5.91 Å². The van der Waals surface area contributed by atoms with Gasteiger partial charge in [0.1, 0.15) is 0 Å². The lowest BCUT2D eigenvalue weighted by Gasteiger charge is -2.10. The molecule has 6 heteroatoms. The molecule has 0 fully saturated rings. The minimum atomic E-state index is -0.102. The van der Waals surface area contributed by atoms with E-state index in [1.165, 1.54) is 11.3 Å². The Kier molecular flexibility index (Phi) is 4.02. The molecule has 0 aliphatic heterocycles. The highest BCUT2D eigenvalue weighted by Crippen LogP contribution is 2.20. The molecule has 3 aromatic rings. The van der Waals surface area contributed by atoms with Gasteiger partial charge in [0.15, 0.2) is 0 Å². The van der Waals surface area contributed by atoms with Crippen LogP contribution in [0.4, 0.5) is 5.69 Å². The Labute approximate surface area is 132 Å². The molecule has 2 aromatic heterocycles. The Hall–Kier alpha value is -2.47. The third-order valence-electron chi connectivity index (χ3n) is 3.26. The van der Waals surface area contributed by atoms with Crippen LogP contribution in [0.15, 0.2) is 48.0 Å². The van der Waals surface area contributed by atoms with E-state index < -0.39 is 0 Å². The zero-order valence-corrected chi connectivity index (χ0v) is 13.2. The van der Waals surface area contributed by atoms with Crippen LogP contribution in [0.1, 0.15) is 35.1 Å². The van der Waals surface area contributed by atoms with Gasteiger partial charge in [-0.2, -0.15) is 0 Å². The molecule has 5 nitrogen and oxygen atoms in total. The number of amides is 1. The van der Waals surface area contributed by atoms with E-state index in [0.29, 0.717) is 10.8 Å². The number of nitrogens with zero attached hydrogens (tertiary/aromatic N) is 3. The second-order valence-electron chi connectivity index (χ2n) is 5.21. The zero-order chi connectivity index (χ0) is 15.5. The number of anilines is 1. The van der Waals surface area contributed by atoms with E-state index in [1.54, 1.807) is 16.9 Å². The predicted octanol–water partition coefficient (Wildman–Crippen LogP) is 3.70. The number of carbonyl (C=O) groups is 1. The first kappa shape index (κ1) is 14.5. The van der Waals surface area contributed by atoms with Gasteiger partial charge < -0.3 is 5.32 Å². The topological polar surface area (TPSA) is 59.8 Å². The van der Waals surface area contributed by atoms with E-state index in [0.717, 1.165) is 17.1 Å². The van der Waals surface area contributed by atoms with Crippen molar-refractivity contribution in [2.24, 2.45) is 0 Å². The van der Waals surface area contributed by atoms with Crippen molar-refractivity contribution < 1.29 is 4.79 Å². The smallest absolute Gasteiger partial charge is 0.265 e. The van der Waals surface area contributed by atoms with Gasteiger partial charge in [-0.3, -0.25) is 4.79 Å². The molecule has 0 atom stereocenters. The third kappa shape index (κ3) is 2.92. The number of rotatable bonds is 4. The fourth-order valence-corrected chi connectivity index (χ4v) is 2.77. The Bertz CT molecular complexity index is 777. The molecule has 1 amide bonds. The van der Waals surface area contributed by atoms with E-state index in [1.807, 2.05) is 35.7 Å². The predicted molar refractivity (Wildman–Crippen MR) is 87.7 cm³/mol. The second-order valence-corrected chi connectivity index (χ2v) is 6.15. The van der Waals surface area contributed by atoms with Gasteiger partial charge in [0.2, 0.25) is 0 Å². The number of hydrogen-bond acceptors (Lipinski definition) is 4. The number of benzene rings is 1. The summed E-state index contributed by atoms with van der Waals surface area (Å²) in [4.78, 5) is 12.8. The lowest BCUT2D eigenvalue weighted by Crippen LogP contribution is -2.11. The standard InChI is InChI=1S/C16H16N4OS/c1-11(2)14-10-17-19-20(14)13-6-3-5-12(9-13)18-16(21)15-7-4-8-22-15/h3-11H,1-2H3,(H,18,21). The molecule has 112 valence electrons. The van der Waals surface area contributed by atoms with Crippen molar-refractivity contribution in [2.75, 3.05) is 5.32 Å². The zero-order valence-electron chi connectivity index (χ0n) is 12.4. The maximum atomic E-state index is 12.1. The van der Waals surface area contributed by atoms with Crippen molar-refractivity contribution in [3.8, 4) is 5.69 Å². The molecule has 3 rings (SSSR count). The summed E-state index contributed by atoms with van der Waals surface area (Å²) in [7, 11) is 0. The van der Waals surface area contributed by atoms with Crippen molar-refractivity contribution >= 4 is 22.9 Å². The van der Waals surface area contributed by atoms with E-state index in [9.17, 15) is 4.79 Å². The Morgan fingerprint density at radius 3 is 2.86 bits per heavy atom. The van der Waals surface area contributed by atoms with Gasteiger partial charge in [0, 0.05) is 5.69 Å². The molecule has 0 aliphatic rings. The summed E-state index contributed by atoms with van der Waals surface area (Å²) in [6.07, 6.45) is 1.77. The van der Waals surface area contributed by atoms with Gasteiger partial charge in [-0.1, -0.05) is 31.2 Å². The van der Waals surface area contributed by atoms with Crippen molar-refractivity contribution in [1.82, 2.24) is 15.0 Å². The lowest BCUT2D eigenvalue weighted by molar-refractivity contribution is 0.103. The van der Waals surface area contributed by atoms with Crippen LogP contribution in [-0.4, -0.2) is 20.9 Å². The van der Waals surface area contributed by atoms with Crippen molar-refractivity contribution in [3.05, 3.63) is 58.5 Å². The summed E-state index contributed by atoms with van der Waals surface area (Å²) in [5.41, 5.74) is 2.65. The van der Waals surface area contributed by atoms with Crippen LogP contribution in [0.2, 0.25) is 0 Å². The largest absolute Gasteiger partial charge is 0.321 e. The Balaban J connectivity index is 1.87. The van der Waals surface area contributed by atoms with Crippen LogP contribution in [-0.2, 0) is 0 Å². The summed E-state index contributed by atoms with van der Waals surface area (Å²) < 4.78 is 1.80. The van der Waals surface area contributed by atoms with E-state index in [-0.39, 0.29) is 5.91 Å². The van der Waals surface area contributed by atoms with E-state index in [2.05, 4.69) is 29.5 Å². The average Bonchev–Trinajstić information content (AvgIpc) is 3.19. The molecule has 1 aromatic carbocycles. The minimum absolute atomic E-state index is 0.102. The summed E-state index contributed by atoms with van der Waals surface area (Å²) >= 11 is 1.42. The monoisotopic (exact) mass is 312 g/mol. The SMILES string of the molecule is CC(C)c1cnnn1-c1cccc(NC(=O)c2cccs2)c1. The van der Waals surface area contributed by atoms with E-state index >= 15 is 0 Å². The first-order valence-electron chi connectivity index (χ1n) is 7.01. The van der Waals surface area contributed by atoms with Crippen LogP contribution < -0.4 is 5.32 Å². The molecule has 22 heavy (non-hydrogen) atoms. The van der Waals surface area contributed by atoms with Crippen LogP contribution in [0.25, 0.3) is 5.69 Å². The van der Waals surface area contributed by atoms with Crippen LogP contribution in [0, 0.1) is 0 Å². The number of carbonyl (C=O) groups excluding carboxylic acids is 1.